The molecule has 0 saturated carbocycles. The van der Waals surface area contributed by atoms with Crippen LogP contribution < -0.4 is 20.9 Å². The molecule has 1 amide bonds. The van der Waals surface area contributed by atoms with Crippen molar-refractivity contribution in [1.29, 1.82) is 0 Å². The fourth-order valence-corrected chi connectivity index (χ4v) is 4.26. The Balaban J connectivity index is 1.81. The van der Waals surface area contributed by atoms with E-state index in [4.69, 9.17) is 4.74 Å². The quantitative estimate of drug-likeness (QED) is 0.852. The normalized spacial score (nSPS) is 18.5. The van der Waals surface area contributed by atoms with E-state index in [1.807, 2.05) is 0 Å². The first kappa shape index (κ1) is 20.1. The standard InChI is InChI=1S/C22H29N3O3/c1-21(2)12-16(13-22(3,4)24-21)23-20(27)15-6-11-19(26)25(14-15)17-7-9-18(28-5)10-8-17/h6-11,14,16,24H,12-13H2,1-5H3,(H,23,27). The molecule has 3 rings (SSSR count). The zero-order valence-corrected chi connectivity index (χ0v) is 17.2. The number of amides is 1. The molecule has 0 spiro atoms. The summed E-state index contributed by atoms with van der Waals surface area (Å²) in [7, 11) is 1.59. The second-order valence-electron chi connectivity index (χ2n) is 8.80. The molecule has 1 fully saturated rings. The number of nitrogens with one attached hydrogen (secondary N) is 2. The molecule has 0 radical (unpaired) electrons. The number of methoxy groups -OCH3 is 1. The maximum absolute atomic E-state index is 12.9. The summed E-state index contributed by atoms with van der Waals surface area (Å²) in [6, 6.07) is 10.2. The van der Waals surface area contributed by atoms with Crippen LogP contribution in [0.4, 0.5) is 0 Å². The predicted octanol–water partition coefficient (Wildman–Crippen LogP) is 2.89. The van der Waals surface area contributed by atoms with Crippen molar-refractivity contribution in [3.63, 3.8) is 0 Å². The fraction of sp³-hybridized carbons (Fsp3) is 0.455. The Morgan fingerprint density at radius 3 is 2.25 bits per heavy atom. The van der Waals surface area contributed by atoms with Gasteiger partial charge in [0.05, 0.1) is 12.7 Å². The smallest absolute Gasteiger partial charge is 0.255 e. The molecule has 6 nitrogen and oxygen atoms in total. The summed E-state index contributed by atoms with van der Waals surface area (Å²) in [5, 5.41) is 6.76. The Kier molecular flexibility index (Phi) is 5.35. The molecule has 150 valence electrons. The van der Waals surface area contributed by atoms with Gasteiger partial charge in [-0.3, -0.25) is 14.2 Å². The highest BCUT2D eigenvalue weighted by atomic mass is 16.5. The number of piperidine rings is 1. The fourth-order valence-electron chi connectivity index (χ4n) is 4.26. The summed E-state index contributed by atoms with van der Waals surface area (Å²) in [5.41, 5.74) is 0.850. The van der Waals surface area contributed by atoms with Gasteiger partial charge in [-0.2, -0.15) is 0 Å². The van der Waals surface area contributed by atoms with E-state index in [0.29, 0.717) is 17.0 Å². The summed E-state index contributed by atoms with van der Waals surface area (Å²) in [4.78, 5) is 25.2. The number of aromatic nitrogens is 1. The molecular formula is C22H29N3O3. The van der Waals surface area contributed by atoms with Crippen LogP contribution in [0.25, 0.3) is 5.69 Å². The van der Waals surface area contributed by atoms with Crippen molar-refractivity contribution in [1.82, 2.24) is 15.2 Å². The van der Waals surface area contributed by atoms with Gasteiger partial charge in [0, 0.05) is 35.1 Å². The lowest BCUT2D eigenvalue weighted by Crippen LogP contribution is -2.62. The lowest BCUT2D eigenvalue weighted by atomic mass is 9.79. The van der Waals surface area contributed by atoms with Crippen LogP contribution in [-0.2, 0) is 0 Å². The number of pyridine rings is 1. The van der Waals surface area contributed by atoms with E-state index in [1.54, 1.807) is 43.6 Å². The van der Waals surface area contributed by atoms with Gasteiger partial charge < -0.3 is 15.4 Å². The van der Waals surface area contributed by atoms with Crippen LogP contribution in [0.15, 0.2) is 47.4 Å². The molecule has 0 bridgehead atoms. The average Bonchev–Trinajstić information content (AvgIpc) is 2.59. The maximum Gasteiger partial charge on any atom is 0.255 e. The van der Waals surface area contributed by atoms with Crippen LogP contribution in [0.2, 0.25) is 0 Å². The van der Waals surface area contributed by atoms with Gasteiger partial charge >= 0.3 is 0 Å². The summed E-state index contributed by atoms with van der Waals surface area (Å²) < 4.78 is 6.64. The molecule has 1 aromatic heterocycles. The van der Waals surface area contributed by atoms with E-state index in [-0.39, 0.29) is 28.6 Å². The van der Waals surface area contributed by atoms with Crippen LogP contribution in [0.3, 0.4) is 0 Å². The third-order valence-electron chi connectivity index (χ3n) is 5.05. The Morgan fingerprint density at radius 1 is 1.07 bits per heavy atom. The summed E-state index contributed by atoms with van der Waals surface area (Å²) in [6.07, 6.45) is 3.29. The first-order chi connectivity index (χ1) is 13.1. The highest BCUT2D eigenvalue weighted by Gasteiger charge is 2.38. The van der Waals surface area contributed by atoms with Gasteiger partial charge in [0.25, 0.3) is 11.5 Å². The molecule has 2 aromatic rings. The van der Waals surface area contributed by atoms with Crippen LogP contribution in [0.1, 0.15) is 50.9 Å². The minimum absolute atomic E-state index is 0.0540. The van der Waals surface area contributed by atoms with Crippen LogP contribution in [-0.4, -0.2) is 34.7 Å². The minimum Gasteiger partial charge on any atom is -0.497 e. The molecule has 1 saturated heterocycles. The molecule has 2 heterocycles. The Labute approximate surface area is 165 Å². The van der Waals surface area contributed by atoms with E-state index in [9.17, 15) is 9.59 Å². The highest BCUT2D eigenvalue weighted by molar-refractivity contribution is 5.94. The number of carbonyl (C=O) groups excluding carboxylic acids is 1. The highest BCUT2D eigenvalue weighted by Crippen LogP contribution is 2.28. The number of hydrogen-bond acceptors (Lipinski definition) is 4. The van der Waals surface area contributed by atoms with Crippen molar-refractivity contribution < 1.29 is 9.53 Å². The molecule has 0 aliphatic carbocycles. The van der Waals surface area contributed by atoms with E-state index in [0.717, 1.165) is 12.8 Å². The van der Waals surface area contributed by atoms with E-state index in [1.165, 1.54) is 10.6 Å². The topological polar surface area (TPSA) is 72.4 Å². The van der Waals surface area contributed by atoms with Gasteiger partial charge in [-0.15, -0.1) is 0 Å². The van der Waals surface area contributed by atoms with Crippen molar-refractivity contribution in [2.75, 3.05) is 7.11 Å². The zero-order chi connectivity index (χ0) is 20.5. The van der Waals surface area contributed by atoms with Gasteiger partial charge in [0.1, 0.15) is 5.75 Å². The Morgan fingerprint density at radius 2 is 1.68 bits per heavy atom. The Hall–Kier alpha value is -2.60. The summed E-state index contributed by atoms with van der Waals surface area (Å²) >= 11 is 0. The zero-order valence-electron chi connectivity index (χ0n) is 17.2. The van der Waals surface area contributed by atoms with Crippen molar-refractivity contribution in [3.8, 4) is 11.4 Å². The molecule has 0 unspecified atom stereocenters. The van der Waals surface area contributed by atoms with Gasteiger partial charge in [0.2, 0.25) is 0 Å². The van der Waals surface area contributed by atoms with Gasteiger partial charge in [0.15, 0.2) is 0 Å². The number of hydrogen-bond donors (Lipinski definition) is 2. The van der Waals surface area contributed by atoms with E-state index >= 15 is 0 Å². The number of benzene rings is 1. The van der Waals surface area contributed by atoms with E-state index in [2.05, 4.69) is 38.3 Å². The second-order valence-corrected chi connectivity index (χ2v) is 8.80. The first-order valence-corrected chi connectivity index (χ1v) is 9.56. The van der Waals surface area contributed by atoms with Crippen molar-refractivity contribution in [2.24, 2.45) is 0 Å². The third-order valence-corrected chi connectivity index (χ3v) is 5.05. The molecule has 1 aromatic carbocycles. The average molecular weight is 383 g/mol. The first-order valence-electron chi connectivity index (χ1n) is 9.56. The molecule has 28 heavy (non-hydrogen) atoms. The van der Waals surface area contributed by atoms with Crippen molar-refractivity contribution in [3.05, 3.63) is 58.5 Å². The van der Waals surface area contributed by atoms with Gasteiger partial charge in [-0.25, -0.2) is 0 Å². The predicted molar refractivity (Wildman–Crippen MR) is 110 cm³/mol. The van der Waals surface area contributed by atoms with Crippen molar-refractivity contribution in [2.45, 2.75) is 57.7 Å². The van der Waals surface area contributed by atoms with Crippen molar-refractivity contribution >= 4 is 5.91 Å². The van der Waals surface area contributed by atoms with Crippen LogP contribution in [0.5, 0.6) is 5.75 Å². The molecular weight excluding hydrogens is 354 g/mol. The lowest BCUT2D eigenvalue weighted by Gasteiger charge is -2.46. The summed E-state index contributed by atoms with van der Waals surface area (Å²) in [6.45, 7) is 8.60. The molecule has 1 aliphatic rings. The number of nitrogens with zero attached hydrogens (tertiary/aromatic N) is 1. The molecule has 6 heteroatoms. The molecule has 2 N–H and O–H groups in total. The van der Waals surface area contributed by atoms with Gasteiger partial charge in [-0.1, -0.05) is 0 Å². The SMILES string of the molecule is COc1ccc(-n2cc(C(=O)NC3CC(C)(C)NC(C)(C)C3)ccc2=O)cc1. The number of ether oxygens (including phenoxy) is 1. The summed E-state index contributed by atoms with van der Waals surface area (Å²) in [5.74, 6) is 0.544. The van der Waals surface area contributed by atoms with E-state index < -0.39 is 0 Å². The van der Waals surface area contributed by atoms with Gasteiger partial charge in [-0.05, 0) is 70.9 Å². The monoisotopic (exact) mass is 383 g/mol. The third kappa shape index (κ3) is 4.62. The Bertz CT molecular complexity index is 897. The minimum atomic E-state index is -0.189. The second kappa shape index (κ2) is 7.43. The maximum atomic E-state index is 12.9. The number of rotatable bonds is 4. The molecule has 1 aliphatic heterocycles. The molecule has 0 atom stereocenters. The van der Waals surface area contributed by atoms with Crippen LogP contribution >= 0.6 is 0 Å². The lowest BCUT2D eigenvalue weighted by molar-refractivity contribution is 0.0872. The van der Waals surface area contributed by atoms with Crippen LogP contribution in [0, 0.1) is 0 Å². The largest absolute Gasteiger partial charge is 0.497 e. The number of carbonyl (C=O) groups is 1.